The number of halogens is 1. The Morgan fingerprint density at radius 3 is 2.80 bits per heavy atom. The summed E-state index contributed by atoms with van der Waals surface area (Å²) in [6.07, 6.45) is 0. The van der Waals surface area contributed by atoms with Crippen molar-refractivity contribution in [3.63, 3.8) is 0 Å². The van der Waals surface area contributed by atoms with Crippen molar-refractivity contribution in [1.29, 1.82) is 0 Å². The number of nitrogens with two attached hydrogens (primary N) is 1. The number of amides is 1. The van der Waals surface area contributed by atoms with E-state index in [2.05, 4.69) is 4.98 Å². The van der Waals surface area contributed by atoms with Crippen molar-refractivity contribution in [2.75, 3.05) is 5.75 Å². The Morgan fingerprint density at radius 1 is 1.50 bits per heavy atom. The van der Waals surface area contributed by atoms with Crippen molar-refractivity contribution in [1.82, 2.24) is 9.55 Å². The fraction of sp³-hybridized carbons (Fsp3) is 0.250. The monoisotopic (exact) mass is 297 g/mol. The molecule has 8 heteroatoms. The van der Waals surface area contributed by atoms with Gasteiger partial charge in [0.1, 0.15) is 12.4 Å². The standard InChI is InChI=1S/C12H12FN3O3S/c1-6-2-9-8(3-7(6)13)15-12(20-5-11(18)19)16(9)4-10(14)17/h2-3H,4-5H2,1H3,(H2,14,17)(H,18,19). The summed E-state index contributed by atoms with van der Waals surface area (Å²) in [6.45, 7) is 1.46. The van der Waals surface area contributed by atoms with Crippen LogP contribution in [-0.2, 0) is 16.1 Å². The third-order valence-electron chi connectivity index (χ3n) is 2.63. The van der Waals surface area contributed by atoms with E-state index in [4.69, 9.17) is 10.8 Å². The maximum absolute atomic E-state index is 13.5. The van der Waals surface area contributed by atoms with E-state index in [-0.39, 0.29) is 12.3 Å². The lowest BCUT2D eigenvalue weighted by Gasteiger charge is -2.06. The Bertz CT molecular complexity index is 699. The number of thioether (sulfide) groups is 1. The molecule has 1 amide bonds. The van der Waals surface area contributed by atoms with Gasteiger partial charge in [0.05, 0.1) is 16.8 Å². The maximum atomic E-state index is 13.5. The lowest BCUT2D eigenvalue weighted by molar-refractivity contribution is -0.133. The minimum atomic E-state index is -1.00. The second-order valence-corrected chi connectivity index (χ2v) is 5.16. The Balaban J connectivity index is 2.54. The predicted molar refractivity (Wildman–Crippen MR) is 72.0 cm³/mol. The zero-order valence-corrected chi connectivity index (χ0v) is 11.4. The van der Waals surface area contributed by atoms with Crippen molar-refractivity contribution in [3.05, 3.63) is 23.5 Å². The first kappa shape index (κ1) is 14.3. The summed E-state index contributed by atoms with van der Waals surface area (Å²) in [5.74, 6) is -2.20. The topological polar surface area (TPSA) is 98.2 Å². The van der Waals surface area contributed by atoms with Gasteiger partial charge in [-0.1, -0.05) is 11.8 Å². The number of benzene rings is 1. The molecule has 2 rings (SSSR count). The molecule has 2 aromatic rings. The molecule has 1 aromatic heterocycles. The maximum Gasteiger partial charge on any atom is 0.313 e. The van der Waals surface area contributed by atoms with Crippen LogP contribution in [0.15, 0.2) is 17.3 Å². The van der Waals surface area contributed by atoms with Gasteiger partial charge in [-0.05, 0) is 18.6 Å². The highest BCUT2D eigenvalue weighted by Crippen LogP contribution is 2.26. The molecule has 6 nitrogen and oxygen atoms in total. The largest absolute Gasteiger partial charge is 0.481 e. The molecule has 0 fully saturated rings. The van der Waals surface area contributed by atoms with Crippen LogP contribution >= 0.6 is 11.8 Å². The average molecular weight is 297 g/mol. The summed E-state index contributed by atoms with van der Waals surface area (Å²) in [4.78, 5) is 25.9. The normalized spacial score (nSPS) is 10.9. The van der Waals surface area contributed by atoms with Crippen LogP contribution < -0.4 is 5.73 Å². The van der Waals surface area contributed by atoms with Gasteiger partial charge < -0.3 is 15.4 Å². The van der Waals surface area contributed by atoms with Crippen molar-refractivity contribution in [3.8, 4) is 0 Å². The van der Waals surface area contributed by atoms with E-state index < -0.39 is 17.7 Å². The van der Waals surface area contributed by atoms with Crippen molar-refractivity contribution >= 4 is 34.7 Å². The molecule has 106 valence electrons. The number of imidazole rings is 1. The Kier molecular flexibility index (Phi) is 3.93. The third-order valence-corrected chi connectivity index (χ3v) is 3.59. The molecule has 1 aromatic carbocycles. The second kappa shape index (κ2) is 5.49. The van der Waals surface area contributed by atoms with E-state index in [1.807, 2.05) is 0 Å². The number of aliphatic carboxylic acids is 1. The number of aryl methyl sites for hydroxylation is 1. The zero-order chi connectivity index (χ0) is 14.9. The highest BCUT2D eigenvalue weighted by Gasteiger charge is 2.15. The third kappa shape index (κ3) is 2.90. The molecule has 0 aliphatic rings. The molecule has 0 aliphatic carbocycles. The number of carboxylic acid groups (broad SMARTS) is 1. The molecule has 0 aliphatic heterocycles. The van der Waals surface area contributed by atoms with Gasteiger partial charge in [-0.25, -0.2) is 9.37 Å². The fourth-order valence-electron chi connectivity index (χ4n) is 1.77. The van der Waals surface area contributed by atoms with Gasteiger partial charge in [-0.2, -0.15) is 0 Å². The summed E-state index contributed by atoms with van der Waals surface area (Å²) in [7, 11) is 0. The van der Waals surface area contributed by atoms with Crippen LogP contribution in [0.3, 0.4) is 0 Å². The van der Waals surface area contributed by atoms with Crippen LogP contribution in [0.5, 0.6) is 0 Å². The number of hydrogen-bond donors (Lipinski definition) is 2. The predicted octanol–water partition coefficient (Wildman–Crippen LogP) is 1.15. The van der Waals surface area contributed by atoms with Gasteiger partial charge in [0.15, 0.2) is 5.16 Å². The molecule has 0 atom stereocenters. The number of carbonyl (C=O) groups is 2. The van der Waals surface area contributed by atoms with E-state index >= 15 is 0 Å². The minimum Gasteiger partial charge on any atom is -0.481 e. The summed E-state index contributed by atoms with van der Waals surface area (Å²) in [6, 6.07) is 2.82. The SMILES string of the molecule is Cc1cc2c(cc1F)nc(SCC(=O)O)n2CC(N)=O. The number of fused-ring (bicyclic) bond motifs is 1. The van der Waals surface area contributed by atoms with E-state index in [0.717, 1.165) is 11.8 Å². The van der Waals surface area contributed by atoms with Crippen LogP contribution in [0.25, 0.3) is 11.0 Å². The minimum absolute atomic E-state index is 0.135. The smallest absolute Gasteiger partial charge is 0.313 e. The molecule has 0 unspecified atom stereocenters. The molecular weight excluding hydrogens is 285 g/mol. The van der Waals surface area contributed by atoms with Crippen LogP contribution in [0.1, 0.15) is 5.56 Å². The molecule has 1 heterocycles. The molecule has 0 saturated heterocycles. The number of carbonyl (C=O) groups excluding carboxylic acids is 1. The van der Waals surface area contributed by atoms with Gasteiger partial charge >= 0.3 is 5.97 Å². The summed E-state index contributed by atoms with van der Waals surface area (Å²) >= 11 is 0.957. The highest BCUT2D eigenvalue weighted by atomic mass is 32.2. The fourth-order valence-corrected chi connectivity index (χ4v) is 2.51. The van der Waals surface area contributed by atoms with Crippen LogP contribution in [0.4, 0.5) is 4.39 Å². The molecule has 20 heavy (non-hydrogen) atoms. The van der Waals surface area contributed by atoms with Crippen molar-refractivity contribution in [2.24, 2.45) is 5.73 Å². The van der Waals surface area contributed by atoms with Crippen molar-refractivity contribution < 1.29 is 19.1 Å². The summed E-state index contributed by atoms with van der Waals surface area (Å²) in [5.41, 5.74) is 6.51. The summed E-state index contributed by atoms with van der Waals surface area (Å²) in [5, 5.41) is 9.03. The first-order valence-corrected chi connectivity index (χ1v) is 6.66. The summed E-state index contributed by atoms with van der Waals surface area (Å²) < 4.78 is 15.0. The number of carboxylic acids is 1. The Labute approximate surface area is 117 Å². The molecule has 0 saturated carbocycles. The second-order valence-electron chi connectivity index (χ2n) is 4.22. The van der Waals surface area contributed by atoms with Crippen LogP contribution in [-0.4, -0.2) is 32.3 Å². The van der Waals surface area contributed by atoms with Gasteiger partial charge in [0.25, 0.3) is 0 Å². The molecule has 0 spiro atoms. The van der Waals surface area contributed by atoms with E-state index in [1.165, 1.54) is 10.6 Å². The average Bonchev–Trinajstić information content (AvgIpc) is 2.65. The van der Waals surface area contributed by atoms with Gasteiger partial charge in [0.2, 0.25) is 5.91 Å². The molecule has 0 radical (unpaired) electrons. The Hall–Kier alpha value is -2.09. The molecular formula is C12H12FN3O3S. The van der Waals surface area contributed by atoms with Gasteiger partial charge in [0, 0.05) is 6.07 Å². The first-order chi connectivity index (χ1) is 9.38. The first-order valence-electron chi connectivity index (χ1n) is 5.67. The lowest BCUT2D eigenvalue weighted by Crippen LogP contribution is -2.19. The zero-order valence-electron chi connectivity index (χ0n) is 10.6. The Morgan fingerprint density at radius 2 is 2.20 bits per heavy atom. The number of rotatable bonds is 5. The highest BCUT2D eigenvalue weighted by molar-refractivity contribution is 7.99. The lowest BCUT2D eigenvalue weighted by atomic mass is 10.2. The van der Waals surface area contributed by atoms with E-state index in [9.17, 15) is 14.0 Å². The van der Waals surface area contributed by atoms with Crippen LogP contribution in [0, 0.1) is 12.7 Å². The van der Waals surface area contributed by atoms with Crippen LogP contribution in [0.2, 0.25) is 0 Å². The number of primary amides is 1. The van der Waals surface area contributed by atoms with Gasteiger partial charge in [-0.15, -0.1) is 0 Å². The molecule has 3 N–H and O–H groups in total. The number of hydrogen-bond acceptors (Lipinski definition) is 4. The number of nitrogens with zero attached hydrogens (tertiary/aromatic N) is 2. The van der Waals surface area contributed by atoms with Gasteiger partial charge in [-0.3, -0.25) is 9.59 Å². The van der Waals surface area contributed by atoms with E-state index in [1.54, 1.807) is 13.0 Å². The molecule has 0 bridgehead atoms. The van der Waals surface area contributed by atoms with Crippen molar-refractivity contribution in [2.45, 2.75) is 18.6 Å². The van der Waals surface area contributed by atoms with E-state index in [0.29, 0.717) is 21.8 Å². The quantitative estimate of drug-likeness (QED) is 0.807. The number of aromatic nitrogens is 2.